The molecule has 0 amide bonds. The molecule has 6 heteroatoms. The molecule has 78 heavy (non-hydrogen) atoms. The van der Waals surface area contributed by atoms with Gasteiger partial charge in [0.05, 0.1) is 0 Å². The highest BCUT2D eigenvalue weighted by Crippen LogP contribution is 2.14. The molecule has 1 atom stereocenters. The summed E-state index contributed by atoms with van der Waals surface area (Å²) in [5, 5.41) is 0. The Bertz CT molecular complexity index is 1760. The standard InChI is InChI=1S/C72H114O6/c1-4-7-10-13-16-19-22-24-26-28-29-30-31-32-33-34-35-36-37-38-39-40-41-42-43-45-46-48-50-53-56-59-62-65-71(74)77-68-69(67-76-70(73)64-61-58-55-52-21-18-15-12-9-6-3)78-72(75)66-63-60-57-54-51-49-47-44-27-25-23-20-17-14-11-8-5-2/h7-8,10-11,16-17,19-20,24-27,29-30,32-33,35-36,38-39,41-42,45-46,50,53,69H,4-6,9,12-15,18,21-23,28,31,34,37,40,43-44,47-49,51-52,54-68H2,1-3H3/b10-7-,11-8-,19-16-,20-17-,26-24-,27-25-,30-29-,33-32-,36-35-,39-38-,42-41-,46-45-,53-50-. The lowest BCUT2D eigenvalue weighted by molar-refractivity contribution is -0.167. The van der Waals surface area contributed by atoms with E-state index < -0.39 is 6.10 Å². The van der Waals surface area contributed by atoms with E-state index in [0.29, 0.717) is 25.7 Å². The van der Waals surface area contributed by atoms with Gasteiger partial charge in [0.15, 0.2) is 6.10 Å². The van der Waals surface area contributed by atoms with Crippen molar-refractivity contribution in [2.45, 2.75) is 264 Å². The molecule has 0 aromatic carbocycles. The molecule has 0 N–H and O–H groups in total. The van der Waals surface area contributed by atoms with Gasteiger partial charge in [-0.05, 0) is 128 Å². The average molecular weight is 1080 g/mol. The van der Waals surface area contributed by atoms with Crippen LogP contribution in [0.5, 0.6) is 0 Å². The predicted octanol–water partition coefficient (Wildman–Crippen LogP) is 21.7. The van der Waals surface area contributed by atoms with Crippen LogP contribution in [0.15, 0.2) is 158 Å². The van der Waals surface area contributed by atoms with Crippen molar-refractivity contribution in [3.63, 3.8) is 0 Å². The Morgan fingerprint density at radius 2 is 0.500 bits per heavy atom. The molecule has 6 nitrogen and oxygen atoms in total. The van der Waals surface area contributed by atoms with Crippen LogP contribution in [-0.2, 0) is 28.6 Å². The quantitative estimate of drug-likeness (QED) is 0.0261. The Morgan fingerprint density at radius 1 is 0.269 bits per heavy atom. The number of carbonyl (C=O) groups is 3. The van der Waals surface area contributed by atoms with Crippen LogP contribution in [0, 0.1) is 0 Å². The molecular weight excluding hydrogens is 961 g/mol. The minimum Gasteiger partial charge on any atom is -0.462 e. The largest absolute Gasteiger partial charge is 0.462 e. The lowest BCUT2D eigenvalue weighted by atomic mass is 10.1. The highest BCUT2D eigenvalue weighted by Gasteiger charge is 2.19. The maximum absolute atomic E-state index is 12.9. The zero-order chi connectivity index (χ0) is 56.4. The first kappa shape index (κ1) is 73.0. The van der Waals surface area contributed by atoms with Crippen LogP contribution in [0.4, 0.5) is 0 Å². The number of unbranched alkanes of at least 4 members (excludes halogenated alkanes) is 18. The highest BCUT2D eigenvalue weighted by molar-refractivity contribution is 5.71. The van der Waals surface area contributed by atoms with Crippen molar-refractivity contribution in [2.75, 3.05) is 13.2 Å². The summed E-state index contributed by atoms with van der Waals surface area (Å²) in [7, 11) is 0. The lowest BCUT2D eigenvalue weighted by Gasteiger charge is -2.18. The Hall–Kier alpha value is -4.97. The molecule has 0 rings (SSSR count). The highest BCUT2D eigenvalue weighted by atomic mass is 16.6. The van der Waals surface area contributed by atoms with Crippen molar-refractivity contribution in [1.29, 1.82) is 0 Å². The summed E-state index contributed by atoms with van der Waals surface area (Å²) in [5.74, 6) is -0.961. The normalized spacial score (nSPS) is 13.2. The maximum atomic E-state index is 12.9. The van der Waals surface area contributed by atoms with E-state index in [2.05, 4.69) is 179 Å². The van der Waals surface area contributed by atoms with E-state index in [4.69, 9.17) is 14.2 Å². The maximum Gasteiger partial charge on any atom is 0.306 e. The zero-order valence-corrected chi connectivity index (χ0v) is 50.1. The van der Waals surface area contributed by atoms with E-state index in [1.165, 1.54) is 70.6 Å². The third-order valence-electron chi connectivity index (χ3n) is 12.8. The third-order valence-corrected chi connectivity index (χ3v) is 12.8. The Balaban J connectivity index is 4.35. The number of carbonyl (C=O) groups excluding carboxylic acids is 3. The van der Waals surface area contributed by atoms with Crippen molar-refractivity contribution in [2.24, 2.45) is 0 Å². The molecule has 0 bridgehead atoms. The second kappa shape index (κ2) is 64.6. The Labute approximate surface area is 480 Å². The first-order valence-electron chi connectivity index (χ1n) is 31.5. The molecule has 438 valence electrons. The van der Waals surface area contributed by atoms with Gasteiger partial charge in [-0.1, -0.05) is 269 Å². The minimum absolute atomic E-state index is 0.0999. The molecule has 0 saturated heterocycles. The minimum atomic E-state index is -0.806. The molecule has 0 spiro atoms. The van der Waals surface area contributed by atoms with Gasteiger partial charge >= 0.3 is 17.9 Å². The fourth-order valence-corrected chi connectivity index (χ4v) is 8.13. The molecule has 0 aliphatic heterocycles. The fraction of sp³-hybridized carbons (Fsp3) is 0.597. The van der Waals surface area contributed by atoms with Gasteiger partial charge in [0.2, 0.25) is 0 Å². The number of hydrogen-bond acceptors (Lipinski definition) is 6. The number of ether oxygens (including phenoxy) is 3. The summed E-state index contributed by atoms with van der Waals surface area (Å²) in [6, 6.07) is 0. The van der Waals surface area contributed by atoms with E-state index >= 15 is 0 Å². The van der Waals surface area contributed by atoms with Crippen molar-refractivity contribution >= 4 is 17.9 Å². The predicted molar refractivity (Wildman–Crippen MR) is 338 cm³/mol. The third kappa shape index (κ3) is 61.9. The summed E-state index contributed by atoms with van der Waals surface area (Å²) >= 11 is 0. The summed E-state index contributed by atoms with van der Waals surface area (Å²) in [4.78, 5) is 38.2. The van der Waals surface area contributed by atoms with Crippen LogP contribution in [0.3, 0.4) is 0 Å². The van der Waals surface area contributed by atoms with Crippen molar-refractivity contribution in [1.82, 2.24) is 0 Å². The number of allylic oxidation sites excluding steroid dienone is 26. The summed E-state index contributed by atoms with van der Waals surface area (Å²) in [6.07, 6.45) is 94.0. The van der Waals surface area contributed by atoms with Gasteiger partial charge in [0.25, 0.3) is 0 Å². The molecule has 0 fully saturated rings. The summed E-state index contributed by atoms with van der Waals surface area (Å²) in [6.45, 7) is 6.35. The molecule has 0 aliphatic rings. The first-order valence-corrected chi connectivity index (χ1v) is 31.5. The monoisotopic (exact) mass is 1070 g/mol. The average Bonchev–Trinajstić information content (AvgIpc) is 3.44. The van der Waals surface area contributed by atoms with E-state index in [1.807, 2.05) is 0 Å². The SMILES string of the molecule is CC/C=C\C/C=C\C/C=C\C/C=C\C/C=C\C/C=C\C/C=C\C/C=C\C/C=C\C/C=C\CCCCC(=O)OCC(COC(=O)CCCCCCCCCCCC)OC(=O)CCCCCCCCC/C=C\C/C=C\C/C=C\CC. The van der Waals surface area contributed by atoms with E-state index in [1.54, 1.807) is 0 Å². The van der Waals surface area contributed by atoms with Crippen LogP contribution >= 0.6 is 0 Å². The Morgan fingerprint density at radius 3 is 0.808 bits per heavy atom. The molecule has 0 heterocycles. The number of hydrogen-bond donors (Lipinski definition) is 0. The van der Waals surface area contributed by atoms with Gasteiger partial charge < -0.3 is 14.2 Å². The molecule has 0 aromatic rings. The molecule has 0 aromatic heterocycles. The number of rotatable bonds is 55. The first-order chi connectivity index (χ1) is 38.5. The molecule has 0 radical (unpaired) electrons. The van der Waals surface area contributed by atoms with Gasteiger partial charge in [-0.15, -0.1) is 0 Å². The van der Waals surface area contributed by atoms with Gasteiger partial charge in [-0.2, -0.15) is 0 Å². The molecule has 0 saturated carbocycles. The van der Waals surface area contributed by atoms with Crippen LogP contribution in [-0.4, -0.2) is 37.2 Å². The van der Waals surface area contributed by atoms with Crippen LogP contribution in [0.2, 0.25) is 0 Å². The molecule has 1 unspecified atom stereocenters. The van der Waals surface area contributed by atoms with Gasteiger partial charge in [0, 0.05) is 19.3 Å². The van der Waals surface area contributed by atoms with Crippen LogP contribution < -0.4 is 0 Å². The topological polar surface area (TPSA) is 78.9 Å². The van der Waals surface area contributed by atoms with Gasteiger partial charge in [0.1, 0.15) is 13.2 Å². The zero-order valence-electron chi connectivity index (χ0n) is 50.1. The lowest BCUT2D eigenvalue weighted by Crippen LogP contribution is -2.30. The van der Waals surface area contributed by atoms with Crippen LogP contribution in [0.25, 0.3) is 0 Å². The number of esters is 3. The van der Waals surface area contributed by atoms with E-state index in [0.717, 1.165) is 141 Å². The fourth-order valence-electron chi connectivity index (χ4n) is 8.13. The van der Waals surface area contributed by atoms with Crippen LogP contribution in [0.1, 0.15) is 258 Å². The van der Waals surface area contributed by atoms with Crippen molar-refractivity contribution in [3.05, 3.63) is 158 Å². The van der Waals surface area contributed by atoms with E-state index in [-0.39, 0.29) is 31.1 Å². The van der Waals surface area contributed by atoms with Gasteiger partial charge in [-0.3, -0.25) is 14.4 Å². The van der Waals surface area contributed by atoms with Gasteiger partial charge in [-0.25, -0.2) is 0 Å². The van der Waals surface area contributed by atoms with E-state index in [9.17, 15) is 14.4 Å². The second-order valence-electron chi connectivity index (χ2n) is 20.2. The molecular formula is C72H114O6. The molecule has 0 aliphatic carbocycles. The van der Waals surface area contributed by atoms with Crippen molar-refractivity contribution in [3.8, 4) is 0 Å². The second-order valence-corrected chi connectivity index (χ2v) is 20.2. The Kier molecular flexibility index (Phi) is 60.4. The summed E-state index contributed by atoms with van der Waals surface area (Å²) in [5.41, 5.74) is 0. The van der Waals surface area contributed by atoms with Crippen molar-refractivity contribution < 1.29 is 28.6 Å². The smallest absolute Gasteiger partial charge is 0.306 e. The summed E-state index contributed by atoms with van der Waals surface area (Å²) < 4.78 is 16.8.